The van der Waals surface area contributed by atoms with Crippen LogP contribution >= 0.6 is 11.8 Å². The molecule has 1 aromatic carbocycles. The number of piperidine rings is 1. The number of ketones is 1. The standard InChI is InChI=1S/C18H24N2OS/c1-14-4-3-5-15(12-14)17(21)13-18(22-2)20-11-10-19-8-6-16(20)7-9-19/h3-5,12-13,16H,6-11H2,1-2H3/b18-13-. The van der Waals surface area contributed by atoms with Crippen LogP contribution in [-0.4, -0.2) is 54.1 Å². The van der Waals surface area contributed by atoms with E-state index in [4.69, 9.17) is 0 Å². The number of fused-ring (bicyclic) bond motifs is 4. The van der Waals surface area contributed by atoms with Crippen LogP contribution in [0.2, 0.25) is 0 Å². The molecule has 0 spiro atoms. The van der Waals surface area contributed by atoms with E-state index in [2.05, 4.69) is 16.1 Å². The summed E-state index contributed by atoms with van der Waals surface area (Å²) in [6, 6.07) is 8.45. The summed E-state index contributed by atoms with van der Waals surface area (Å²) < 4.78 is 0. The lowest BCUT2D eigenvalue weighted by molar-refractivity contribution is 0.104. The van der Waals surface area contributed by atoms with Gasteiger partial charge in [-0.25, -0.2) is 0 Å². The van der Waals surface area contributed by atoms with Gasteiger partial charge in [0, 0.05) is 43.9 Å². The van der Waals surface area contributed by atoms with Crippen molar-refractivity contribution in [3.63, 3.8) is 0 Å². The van der Waals surface area contributed by atoms with Crippen molar-refractivity contribution in [3.05, 3.63) is 46.5 Å². The first-order valence-electron chi connectivity index (χ1n) is 8.03. The molecule has 3 heterocycles. The lowest BCUT2D eigenvalue weighted by atomic mass is 10.1. The molecule has 0 atom stereocenters. The zero-order chi connectivity index (χ0) is 15.5. The quantitative estimate of drug-likeness (QED) is 0.629. The first kappa shape index (κ1) is 15.6. The first-order chi connectivity index (χ1) is 10.7. The third-order valence-electron chi connectivity index (χ3n) is 4.70. The molecule has 0 aliphatic carbocycles. The first-order valence-corrected chi connectivity index (χ1v) is 9.25. The van der Waals surface area contributed by atoms with Gasteiger partial charge in [0.25, 0.3) is 0 Å². The van der Waals surface area contributed by atoms with Gasteiger partial charge in [0.2, 0.25) is 0 Å². The molecule has 3 saturated heterocycles. The average molecular weight is 316 g/mol. The van der Waals surface area contributed by atoms with Gasteiger partial charge in [0.05, 0.1) is 5.03 Å². The van der Waals surface area contributed by atoms with Crippen molar-refractivity contribution in [3.8, 4) is 0 Å². The average Bonchev–Trinajstić information content (AvgIpc) is 2.86. The maximum Gasteiger partial charge on any atom is 0.188 e. The monoisotopic (exact) mass is 316 g/mol. The van der Waals surface area contributed by atoms with Gasteiger partial charge in [-0.15, -0.1) is 11.8 Å². The summed E-state index contributed by atoms with van der Waals surface area (Å²) in [5.41, 5.74) is 1.92. The van der Waals surface area contributed by atoms with E-state index in [1.54, 1.807) is 11.8 Å². The highest BCUT2D eigenvalue weighted by Gasteiger charge is 2.30. The second-order valence-electron chi connectivity index (χ2n) is 6.19. The second kappa shape index (κ2) is 6.88. The summed E-state index contributed by atoms with van der Waals surface area (Å²) >= 11 is 1.70. The molecule has 0 N–H and O–H groups in total. The minimum absolute atomic E-state index is 0.118. The van der Waals surface area contributed by atoms with E-state index in [0.29, 0.717) is 6.04 Å². The number of benzene rings is 1. The van der Waals surface area contributed by atoms with Crippen LogP contribution in [0.15, 0.2) is 35.4 Å². The Bertz CT molecular complexity index is 576. The van der Waals surface area contributed by atoms with E-state index < -0.39 is 0 Å². The van der Waals surface area contributed by atoms with Crippen LogP contribution in [0.3, 0.4) is 0 Å². The molecular weight excluding hydrogens is 292 g/mol. The lowest BCUT2D eigenvalue weighted by Gasteiger charge is -2.33. The maximum atomic E-state index is 12.6. The molecule has 3 aliphatic rings. The van der Waals surface area contributed by atoms with Crippen LogP contribution in [0.1, 0.15) is 28.8 Å². The van der Waals surface area contributed by atoms with Crippen LogP contribution in [0.5, 0.6) is 0 Å². The minimum atomic E-state index is 0.118. The molecule has 118 valence electrons. The van der Waals surface area contributed by atoms with Crippen molar-refractivity contribution in [2.45, 2.75) is 25.8 Å². The predicted molar refractivity (Wildman–Crippen MR) is 93.3 cm³/mol. The van der Waals surface area contributed by atoms with Gasteiger partial charge < -0.3 is 9.80 Å². The maximum absolute atomic E-state index is 12.6. The zero-order valence-corrected chi connectivity index (χ0v) is 14.2. The Labute approximate surface area is 137 Å². The highest BCUT2D eigenvalue weighted by molar-refractivity contribution is 8.02. The summed E-state index contributed by atoms with van der Waals surface area (Å²) in [6.07, 6.45) is 6.35. The largest absolute Gasteiger partial charge is 0.362 e. The Hall–Kier alpha value is -1.26. The van der Waals surface area contributed by atoms with E-state index in [0.717, 1.165) is 29.2 Å². The minimum Gasteiger partial charge on any atom is -0.362 e. The number of rotatable bonds is 4. The van der Waals surface area contributed by atoms with Crippen molar-refractivity contribution in [2.24, 2.45) is 0 Å². The van der Waals surface area contributed by atoms with Crippen molar-refractivity contribution >= 4 is 17.5 Å². The number of aryl methyl sites for hydroxylation is 1. The van der Waals surface area contributed by atoms with E-state index in [1.807, 2.05) is 37.3 Å². The SMILES string of the molecule is CS/C(=C\C(=O)c1cccc(C)c1)N1CCN2CCC1CC2. The highest BCUT2D eigenvalue weighted by atomic mass is 32.2. The molecule has 4 heteroatoms. The molecule has 0 amide bonds. The molecule has 3 aliphatic heterocycles. The Morgan fingerprint density at radius 2 is 2.00 bits per heavy atom. The van der Waals surface area contributed by atoms with Gasteiger partial charge in [-0.2, -0.15) is 0 Å². The van der Waals surface area contributed by atoms with E-state index in [1.165, 1.54) is 25.9 Å². The number of hydrogen-bond donors (Lipinski definition) is 0. The fraction of sp³-hybridized carbons (Fsp3) is 0.500. The molecule has 0 radical (unpaired) electrons. The second-order valence-corrected chi connectivity index (χ2v) is 7.01. The molecule has 3 nitrogen and oxygen atoms in total. The topological polar surface area (TPSA) is 23.6 Å². The summed E-state index contributed by atoms with van der Waals surface area (Å²) in [4.78, 5) is 17.6. The molecule has 2 bridgehead atoms. The molecule has 0 aromatic heterocycles. The van der Waals surface area contributed by atoms with Gasteiger partial charge in [-0.1, -0.05) is 23.8 Å². The van der Waals surface area contributed by atoms with Gasteiger partial charge in [0.15, 0.2) is 5.78 Å². The van der Waals surface area contributed by atoms with Gasteiger partial charge >= 0.3 is 0 Å². The van der Waals surface area contributed by atoms with Crippen LogP contribution in [-0.2, 0) is 0 Å². The highest BCUT2D eigenvalue weighted by Crippen LogP contribution is 2.29. The number of hydrogen-bond acceptors (Lipinski definition) is 4. The van der Waals surface area contributed by atoms with Crippen LogP contribution in [0.4, 0.5) is 0 Å². The number of allylic oxidation sites excluding steroid dienone is 1. The molecule has 4 rings (SSSR count). The van der Waals surface area contributed by atoms with Crippen LogP contribution in [0, 0.1) is 6.92 Å². The molecular formula is C18H24N2OS. The van der Waals surface area contributed by atoms with E-state index >= 15 is 0 Å². The molecule has 1 aromatic rings. The molecule has 22 heavy (non-hydrogen) atoms. The molecule has 0 saturated carbocycles. The van der Waals surface area contributed by atoms with Crippen LogP contribution < -0.4 is 0 Å². The van der Waals surface area contributed by atoms with Crippen molar-refractivity contribution in [2.75, 3.05) is 32.4 Å². The van der Waals surface area contributed by atoms with Crippen LogP contribution in [0.25, 0.3) is 0 Å². The van der Waals surface area contributed by atoms with E-state index in [-0.39, 0.29) is 5.78 Å². The van der Waals surface area contributed by atoms with Gasteiger partial charge in [-0.3, -0.25) is 4.79 Å². The summed E-state index contributed by atoms with van der Waals surface area (Å²) in [7, 11) is 0. The normalized spacial score (nSPS) is 25.2. The fourth-order valence-corrected chi connectivity index (χ4v) is 4.13. The Morgan fingerprint density at radius 3 is 2.68 bits per heavy atom. The van der Waals surface area contributed by atoms with Gasteiger partial charge in [-0.05, 0) is 32.1 Å². The Balaban J connectivity index is 1.82. The summed E-state index contributed by atoms with van der Waals surface area (Å²) in [5.74, 6) is 0.118. The number of carbonyl (C=O) groups excluding carboxylic acids is 1. The third kappa shape index (κ3) is 3.39. The Kier molecular flexibility index (Phi) is 4.89. The van der Waals surface area contributed by atoms with Crippen molar-refractivity contribution in [1.29, 1.82) is 0 Å². The predicted octanol–water partition coefficient (Wildman–Crippen LogP) is 3.16. The van der Waals surface area contributed by atoms with Gasteiger partial charge in [0.1, 0.15) is 0 Å². The zero-order valence-electron chi connectivity index (χ0n) is 13.4. The molecule has 0 unspecified atom stereocenters. The number of nitrogens with zero attached hydrogens (tertiary/aromatic N) is 2. The number of thioether (sulfide) groups is 1. The lowest BCUT2D eigenvalue weighted by Crippen LogP contribution is -2.37. The fourth-order valence-electron chi connectivity index (χ4n) is 3.43. The van der Waals surface area contributed by atoms with Crippen molar-refractivity contribution in [1.82, 2.24) is 9.80 Å². The summed E-state index contributed by atoms with van der Waals surface area (Å²) in [5, 5.41) is 1.13. The number of carbonyl (C=O) groups is 1. The van der Waals surface area contributed by atoms with E-state index in [9.17, 15) is 4.79 Å². The molecule has 3 fully saturated rings. The Morgan fingerprint density at radius 1 is 1.23 bits per heavy atom. The summed E-state index contributed by atoms with van der Waals surface area (Å²) in [6.45, 7) is 6.59. The smallest absolute Gasteiger partial charge is 0.188 e. The van der Waals surface area contributed by atoms with Crippen molar-refractivity contribution < 1.29 is 4.79 Å². The third-order valence-corrected chi connectivity index (χ3v) is 5.48.